The number of halogens is 3. The number of hydrogen-bond acceptors (Lipinski definition) is 3. The highest BCUT2D eigenvalue weighted by atomic mass is 19.3. The van der Waals surface area contributed by atoms with Crippen molar-refractivity contribution in [3.8, 4) is 5.75 Å². The van der Waals surface area contributed by atoms with E-state index in [1.165, 1.54) is 30.2 Å². The minimum absolute atomic E-state index is 0.101. The van der Waals surface area contributed by atoms with E-state index in [1.54, 1.807) is 0 Å². The highest BCUT2D eigenvalue weighted by Gasteiger charge is 2.14. The molecular formula is C12H16F3NO2. The fraction of sp³-hybridized carbons (Fsp3) is 0.500. The van der Waals surface area contributed by atoms with Crippen LogP contribution in [0.4, 0.5) is 13.2 Å². The Morgan fingerprint density at radius 2 is 2.11 bits per heavy atom. The van der Waals surface area contributed by atoms with Gasteiger partial charge in [0.25, 0.3) is 6.43 Å². The van der Waals surface area contributed by atoms with Crippen LogP contribution >= 0.6 is 0 Å². The van der Waals surface area contributed by atoms with Crippen molar-refractivity contribution in [1.82, 2.24) is 4.90 Å². The zero-order chi connectivity index (χ0) is 13.5. The molecule has 18 heavy (non-hydrogen) atoms. The molecular weight excluding hydrogens is 247 g/mol. The van der Waals surface area contributed by atoms with Crippen molar-refractivity contribution in [3.05, 3.63) is 29.6 Å². The van der Waals surface area contributed by atoms with Crippen LogP contribution in [0, 0.1) is 5.82 Å². The number of alkyl halides is 2. The molecule has 3 nitrogen and oxygen atoms in total. The standard InChI is InChI=1S/C12H16F3NO2/c1-18-11-3-2-10(13)6-9(11)7-16(4-5-17)8-12(14)15/h2-3,6,12,17H,4-5,7-8H2,1H3. The summed E-state index contributed by atoms with van der Waals surface area (Å²) in [5.41, 5.74) is 0.478. The van der Waals surface area contributed by atoms with Gasteiger partial charge in [-0.3, -0.25) is 4.90 Å². The molecule has 0 fully saturated rings. The lowest BCUT2D eigenvalue weighted by molar-refractivity contribution is 0.0742. The molecule has 0 radical (unpaired) electrons. The van der Waals surface area contributed by atoms with Crippen molar-refractivity contribution in [2.24, 2.45) is 0 Å². The Bertz CT molecular complexity index is 374. The van der Waals surface area contributed by atoms with Gasteiger partial charge in [0.2, 0.25) is 0 Å². The van der Waals surface area contributed by atoms with Gasteiger partial charge in [-0.15, -0.1) is 0 Å². The monoisotopic (exact) mass is 263 g/mol. The highest BCUT2D eigenvalue weighted by molar-refractivity contribution is 5.33. The van der Waals surface area contributed by atoms with Crippen LogP contribution in [0.15, 0.2) is 18.2 Å². The first-order valence-electron chi connectivity index (χ1n) is 5.50. The third kappa shape index (κ3) is 4.54. The fourth-order valence-electron chi connectivity index (χ4n) is 1.68. The molecule has 0 amide bonds. The van der Waals surface area contributed by atoms with E-state index in [0.717, 1.165) is 0 Å². The third-order valence-corrected chi connectivity index (χ3v) is 2.45. The summed E-state index contributed by atoms with van der Waals surface area (Å²) in [7, 11) is 1.43. The summed E-state index contributed by atoms with van der Waals surface area (Å²) in [6.45, 7) is -0.500. The van der Waals surface area contributed by atoms with E-state index in [1.807, 2.05) is 0 Å². The van der Waals surface area contributed by atoms with E-state index in [-0.39, 0.29) is 19.7 Å². The Labute approximate surface area is 104 Å². The van der Waals surface area contributed by atoms with E-state index in [0.29, 0.717) is 11.3 Å². The first kappa shape index (κ1) is 14.8. The van der Waals surface area contributed by atoms with Gasteiger partial charge in [-0.2, -0.15) is 0 Å². The Hall–Kier alpha value is -1.27. The lowest BCUT2D eigenvalue weighted by Crippen LogP contribution is -2.31. The molecule has 0 saturated heterocycles. The Morgan fingerprint density at radius 3 is 2.67 bits per heavy atom. The Morgan fingerprint density at radius 1 is 1.39 bits per heavy atom. The summed E-state index contributed by atoms with van der Waals surface area (Å²) in [6.07, 6.45) is -2.50. The average Bonchev–Trinajstić information content (AvgIpc) is 2.28. The summed E-state index contributed by atoms with van der Waals surface area (Å²) in [5.74, 6) is -0.0135. The second-order valence-electron chi connectivity index (χ2n) is 3.81. The lowest BCUT2D eigenvalue weighted by atomic mass is 10.2. The summed E-state index contributed by atoms with van der Waals surface area (Å²) in [4.78, 5) is 1.35. The van der Waals surface area contributed by atoms with Gasteiger partial charge in [-0.05, 0) is 18.2 Å². The quantitative estimate of drug-likeness (QED) is 0.815. The van der Waals surface area contributed by atoms with E-state index in [2.05, 4.69) is 0 Å². The molecule has 0 saturated carbocycles. The van der Waals surface area contributed by atoms with Crippen LogP contribution in [0.5, 0.6) is 5.75 Å². The van der Waals surface area contributed by atoms with Crippen LogP contribution in [0.25, 0.3) is 0 Å². The number of rotatable bonds is 7. The largest absolute Gasteiger partial charge is 0.496 e. The SMILES string of the molecule is COc1ccc(F)cc1CN(CCO)CC(F)F. The van der Waals surface area contributed by atoms with Gasteiger partial charge in [0.05, 0.1) is 20.3 Å². The lowest BCUT2D eigenvalue weighted by Gasteiger charge is -2.21. The molecule has 0 unspecified atom stereocenters. The Kier molecular flexibility index (Phi) is 5.94. The molecule has 0 atom stereocenters. The van der Waals surface area contributed by atoms with Gasteiger partial charge in [0.1, 0.15) is 11.6 Å². The number of methoxy groups -OCH3 is 1. The normalized spacial score (nSPS) is 11.3. The number of hydrogen-bond donors (Lipinski definition) is 1. The molecule has 6 heteroatoms. The number of aliphatic hydroxyl groups excluding tert-OH is 1. The molecule has 0 aliphatic rings. The minimum Gasteiger partial charge on any atom is -0.496 e. The van der Waals surface area contributed by atoms with Crippen LogP contribution in [0.2, 0.25) is 0 Å². The number of aliphatic hydroxyl groups is 1. The molecule has 102 valence electrons. The van der Waals surface area contributed by atoms with Crippen molar-refractivity contribution in [2.45, 2.75) is 13.0 Å². The zero-order valence-electron chi connectivity index (χ0n) is 10.1. The van der Waals surface area contributed by atoms with Gasteiger partial charge < -0.3 is 9.84 Å². The molecule has 0 heterocycles. The maximum atomic E-state index is 13.1. The van der Waals surface area contributed by atoms with Crippen LogP contribution in [-0.2, 0) is 6.54 Å². The van der Waals surface area contributed by atoms with E-state index < -0.39 is 18.8 Å². The van der Waals surface area contributed by atoms with Crippen molar-refractivity contribution in [2.75, 3.05) is 26.8 Å². The second kappa shape index (κ2) is 7.23. The molecule has 1 N–H and O–H groups in total. The molecule has 0 aromatic heterocycles. The highest BCUT2D eigenvalue weighted by Crippen LogP contribution is 2.21. The number of benzene rings is 1. The van der Waals surface area contributed by atoms with Crippen LogP contribution < -0.4 is 4.74 Å². The van der Waals surface area contributed by atoms with Crippen LogP contribution in [0.3, 0.4) is 0 Å². The Balaban J connectivity index is 2.81. The predicted molar refractivity (Wildman–Crippen MR) is 61.3 cm³/mol. The summed E-state index contributed by atoms with van der Waals surface area (Å²) in [6, 6.07) is 3.94. The molecule has 0 bridgehead atoms. The molecule has 1 rings (SSSR count). The molecule has 1 aromatic rings. The zero-order valence-corrected chi connectivity index (χ0v) is 10.1. The predicted octanol–water partition coefficient (Wildman–Crippen LogP) is 1.89. The molecule has 1 aromatic carbocycles. The van der Waals surface area contributed by atoms with E-state index in [4.69, 9.17) is 9.84 Å². The molecule has 0 spiro atoms. The second-order valence-corrected chi connectivity index (χ2v) is 3.81. The fourth-order valence-corrected chi connectivity index (χ4v) is 1.68. The van der Waals surface area contributed by atoms with Gasteiger partial charge in [0, 0.05) is 18.7 Å². The van der Waals surface area contributed by atoms with Gasteiger partial charge in [0.15, 0.2) is 0 Å². The van der Waals surface area contributed by atoms with Crippen molar-refractivity contribution >= 4 is 0 Å². The van der Waals surface area contributed by atoms with Crippen molar-refractivity contribution < 1.29 is 23.0 Å². The first-order chi connectivity index (χ1) is 8.56. The van der Waals surface area contributed by atoms with Crippen LogP contribution in [0.1, 0.15) is 5.56 Å². The van der Waals surface area contributed by atoms with Crippen LogP contribution in [-0.4, -0.2) is 43.2 Å². The maximum Gasteiger partial charge on any atom is 0.251 e. The van der Waals surface area contributed by atoms with Gasteiger partial charge >= 0.3 is 0 Å². The van der Waals surface area contributed by atoms with Crippen molar-refractivity contribution in [3.63, 3.8) is 0 Å². The van der Waals surface area contributed by atoms with E-state index >= 15 is 0 Å². The summed E-state index contributed by atoms with van der Waals surface area (Å²) >= 11 is 0. The first-order valence-corrected chi connectivity index (χ1v) is 5.50. The smallest absolute Gasteiger partial charge is 0.251 e. The molecule has 0 aliphatic carbocycles. The number of nitrogens with zero attached hydrogens (tertiary/aromatic N) is 1. The average molecular weight is 263 g/mol. The maximum absolute atomic E-state index is 13.1. The molecule has 0 aliphatic heterocycles. The van der Waals surface area contributed by atoms with Gasteiger partial charge in [-0.1, -0.05) is 0 Å². The summed E-state index contributed by atoms with van der Waals surface area (Å²) in [5, 5.41) is 8.82. The topological polar surface area (TPSA) is 32.7 Å². The van der Waals surface area contributed by atoms with Gasteiger partial charge in [-0.25, -0.2) is 13.2 Å². The van der Waals surface area contributed by atoms with Crippen molar-refractivity contribution in [1.29, 1.82) is 0 Å². The minimum atomic E-state index is -2.50. The van der Waals surface area contributed by atoms with E-state index in [9.17, 15) is 13.2 Å². The third-order valence-electron chi connectivity index (χ3n) is 2.45. The summed E-state index contributed by atoms with van der Waals surface area (Å²) < 4.78 is 42.8. The number of ether oxygens (including phenoxy) is 1.